The summed E-state index contributed by atoms with van der Waals surface area (Å²) in [7, 11) is 0. The molecule has 3 aliphatic rings. The van der Waals surface area contributed by atoms with Crippen molar-refractivity contribution in [2.75, 3.05) is 6.79 Å². The number of carbonyl (C=O) groups is 1. The number of nitrogens with two attached hydrogens (primary N) is 1. The molecule has 126 valence electrons. The van der Waals surface area contributed by atoms with Crippen LogP contribution < -0.4 is 20.5 Å². The molecule has 0 aromatic heterocycles. The molecule has 2 fully saturated rings. The first-order chi connectivity index (χ1) is 10.7. The fourth-order valence-corrected chi connectivity index (χ4v) is 4.36. The minimum absolute atomic E-state index is 0. The second-order valence-electron chi connectivity index (χ2n) is 6.72. The van der Waals surface area contributed by atoms with Gasteiger partial charge in [0.25, 0.3) is 5.91 Å². The maximum absolute atomic E-state index is 12.7. The number of ether oxygens (including phenoxy) is 2. The van der Waals surface area contributed by atoms with Gasteiger partial charge in [-0.25, -0.2) is 0 Å². The van der Waals surface area contributed by atoms with Crippen molar-refractivity contribution in [3.8, 4) is 11.5 Å². The van der Waals surface area contributed by atoms with Crippen LogP contribution in [0, 0.1) is 11.8 Å². The molecule has 4 rings (SSSR count). The van der Waals surface area contributed by atoms with Crippen LogP contribution in [0.4, 0.5) is 0 Å². The highest BCUT2D eigenvalue weighted by Crippen LogP contribution is 2.40. The molecule has 2 atom stereocenters. The fourth-order valence-electron chi connectivity index (χ4n) is 4.36. The van der Waals surface area contributed by atoms with Crippen molar-refractivity contribution in [2.24, 2.45) is 17.6 Å². The minimum Gasteiger partial charge on any atom is -0.454 e. The smallest absolute Gasteiger partial charge is 0.255 e. The molecule has 0 radical (unpaired) electrons. The second-order valence-corrected chi connectivity index (χ2v) is 6.72. The van der Waals surface area contributed by atoms with Crippen molar-refractivity contribution < 1.29 is 14.3 Å². The molecule has 6 heteroatoms. The lowest BCUT2D eigenvalue weighted by atomic mass is 9.67. The van der Waals surface area contributed by atoms with Crippen molar-refractivity contribution in [2.45, 2.75) is 44.2 Å². The summed E-state index contributed by atoms with van der Waals surface area (Å²) < 4.78 is 10.8. The zero-order chi connectivity index (χ0) is 15.1. The molecule has 1 aliphatic heterocycles. The van der Waals surface area contributed by atoms with E-state index in [1.165, 1.54) is 19.3 Å². The Bertz CT molecular complexity index is 581. The van der Waals surface area contributed by atoms with E-state index in [2.05, 4.69) is 5.32 Å². The molecular weight excluding hydrogens is 316 g/mol. The van der Waals surface area contributed by atoms with Crippen LogP contribution in [-0.4, -0.2) is 24.8 Å². The van der Waals surface area contributed by atoms with Gasteiger partial charge in [0.15, 0.2) is 11.5 Å². The molecule has 1 amide bonds. The van der Waals surface area contributed by atoms with E-state index in [9.17, 15) is 4.79 Å². The van der Waals surface area contributed by atoms with Crippen LogP contribution in [0.15, 0.2) is 18.2 Å². The number of benzene rings is 1. The molecule has 1 heterocycles. The van der Waals surface area contributed by atoms with Crippen molar-refractivity contribution in [1.29, 1.82) is 0 Å². The molecule has 0 saturated heterocycles. The Balaban J connectivity index is 0.00000156. The van der Waals surface area contributed by atoms with Crippen molar-refractivity contribution in [1.82, 2.24) is 5.32 Å². The number of para-hydroxylation sites is 1. The largest absolute Gasteiger partial charge is 0.454 e. The third-order valence-corrected chi connectivity index (χ3v) is 5.32. The van der Waals surface area contributed by atoms with Crippen LogP contribution >= 0.6 is 12.4 Å². The van der Waals surface area contributed by atoms with Crippen molar-refractivity contribution in [3.05, 3.63) is 23.8 Å². The second kappa shape index (κ2) is 6.57. The van der Waals surface area contributed by atoms with Crippen LogP contribution in [0.5, 0.6) is 11.5 Å². The fraction of sp³-hybridized carbons (Fsp3) is 0.588. The number of carbonyl (C=O) groups excluding carboxylic acids is 1. The summed E-state index contributed by atoms with van der Waals surface area (Å²) in [6.07, 6.45) is 5.64. The Hall–Kier alpha value is -1.46. The highest BCUT2D eigenvalue weighted by molar-refractivity contribution is 5.98. The molecule has 2 saturated carbocycles. The predicted octanol–water partition coefficient (Wildman–Crippen LogP) is 2.47. The van der Waals surface area contributed by atoms with E-state index in [1.807, 2.05) is 12.1 Å². The SMILES string of the molecule is Cl.NC1CC2CCCC(C1)C2NC(=O)c1cccc2c1OCO2. The molecule has 5 nitrogen and oxygen atoms in total. The first-order valence-electron chi connectivity index (χ1n) is 8.17. The van der Waals surface area contributed by atoms with E-state index < -0.39 is 0 Å². The lowest BCUT2D eigenvalue weighted by Crippen LogP contribution is -2.53. The third-order valence-electron chi connectivity index (χ3n) is 5.32. The Morgan fingerprint density at radius 3 is 2.65 bits per heavy atom. The summed E-state index contributed by atoms with van der Waals surface area (Å²) in [5.74, 6) is 2.19. The van der Waals surface area contributed by atoms with Crippen molar-refractivity contribution in [3.63, 3.8) is 0 Å². The molecule has 2 unspecified atom stereocenters. The highest BCUT2D eigenvalue weighted by atomic mass is 35.5. The number of amides is 1. The Labute approximate surface area is 142 Å². The van der Waals surface area contributed by atoms with Gasteiger partial charge in [0.2, 0.25) is 6.79 Å². The van der Waals surface area contributed by atoms with Crippen LogP contribution in [0.3, 0.4) is 0 Å². The first-order valence-corrected chi connectivity index (χ1v) is 8.17. The quantitative estimate of drug-likeness (QED) is 0.868. The van der Waals surface area contributed by atoms with E-state index in [0.29, 0.717) is 34.9 Å². The summed E-state index contributed by atoms with van der Waals surface area (Å²) in [6.45, 7) is 0.184. The van der Waals surface area contributed by atoms with Gasteiger partial charge in [0, 0.05) is 12.1 Å². The van der Waals surface area contributed by atoms with E-state index >= 15 is 0 Å². The maximum atomic E-state index is 12.7. The molecule has 23 heavy (non-hydrogen) atoms. The monoisotopic (exact) mass is 338 g/mol. The van der Waals surface area contributed by atoms with Crippen LogP contribution in [0.1, 0.15) is 42.5 Å². The Kier molecular flexibility index (Phi) is 4.69. The Morgan fingerprint density at radius 1 is 1.17 bits per heavy atom. The standard InChI is InChI=1S/C17H22N2O3.ClH/c18-12-7-10-3-1-4-11(8-12)15(10)19-17(20)13-5-2-6-14-16(13)22-9-21-14;/h2,5-6,10-12,15H,1,3-4,7-9,18H2,(H,19,20);1H. The number of nitrogens with one attached hydrogen (secondary N) is 1. The van der Waals surface area contributed by atoms with E-state index in [1.54, 1.807) is 6.07 Å². The van der Waals surface area contributed by atoms with Gasteiger partial charge in [-0.05, 0) is 49.7 Å². The van der Waals surface area contributed by atoms with Gasteiger partial charge in [-0.15, -0.1) is 12.4 Å². The molecule has 0 spiro atoms. The Morgan fingerprint density at radius 2 is 1.91 bits per heavy atom. The number of hydrogen-bond acceptors (Lipinski definition) is 4. The van der Waals surface area contributed by atoms with Gasteiger partial charge in [-0.3, -0.25) is 4.79 Å². The summed E-state index contributed by atoms with van der Waals surface area (Å²) >= 11 is 0. The lowest BCUT2D eigenvalue weighted by molar-refractivity contribution is 0.0752. The maximum Gasteiger partial charge on any atom is 0.255 e. The van der Waals surface area contributed by atoms with Gasteiger partial charge >= 0.3 is 0 Å². The van der Waals surface area contributed by atoms with Gasteiger partial charge in [0.05, 0.1) is 5.56 Å². The van der Waals surface area contributed by atoms with Crippen LogP contribution in [-0.2, 0) is 0 Å². The number of hydrogen-bond donors (Lipinski definition) is 2. The topological polar surface area (TPSA) is 73.6 Å². The molecular formula is C17H23ClN2O3. The third kappa shape index (κ3) is 3.00. The number of fused-ring (bicyclic) bond motifs is 3. The highest BCUT2D eigenvalue weighted by Gasteiger charge is 2.40. The van der Waals surface area contributed by atoms with E-state index in [4.69, 9.17) is 15.2 Å². The van der Waals surface area contributed by atoms with E-state index in [0.717, 1.165) is 12.8 Å². The minimum atomic E-state index is -0.0558. The molecule has 1 aromatic rings. The summed E-state index contributed by atoms with van der Waals surface area (Å²) in [5, 5.41) is 3.26. The lowest BCUT2D eigenvalue weighted by Gasteiger charge is -2.45. The molecule has 1 aromatic carbocycles. The normalized spacial score (nSPS) is 31.2. The first kappa shape index (κ1) is 16.4. The van der Waals surface area contributed by atoms with Crippen molar-refractivity contribution >= 4 is 18.3 Å². The van der Waals surface area contributed by atoms with E-state index in [-0.39, 0.29) is 31.1 Å². The van der Waals surface area contributed by atoms with Crippen LogP contribution in [0.25, 0.3) is 0 Å². The van der Waals surface area contributed by atoms with Gasteiger partial charge in [-0.2, -0.15) is 0 Å². The van der Waals surface area contributed by atoms with Gasteiger partial charge in [0.1, 0.15) is 0 Å². The predicted molar refractivity (Wildman–Crippen MR) is 89.1 cm³/mol. The average molecular weight is 339 g/mol. The summed E-state index contributed by atoms with van der Waals surface area (Å²) in [4.78, 5) is 12.7. The number of rotatable bonds is 2. The number of halogens is 1. The molecule has 3 N–H and O–H groups in total. The summed E-state index contributed by atoms with van der Waals surface area (Å²) in [6, 6.07) is 6.00. The van der Waals surface area contributed by atoms with Gasteiger partial charge in [-0.1, -0.05) is 12.5 Å². The molecule has 2 bridgehead atoms. The average Bonchev–Trinajstić information content (AvgIpc) is 2.96. The summed E-state index contributed by atoms with van der Waals surface area (Å²) in [5.41, 5.74) is 6.73. The zero-order valence-electron chi connectivity index (χ0n) is 13.0. The zero-order valence-corrected chi connectivity index (χ0v) is 13.8. The molecule has 2 aliphatic carbocycles. The van der Waals surface area contributed by atoms with Crippen LogP contribution in [0.2, 0.25) is 0 Å². The van der Waals surface area contributed by atoms with Gasteiger partial charge < -0.3 is 20.5 Å².